The van der Waals surface area contributed by atoms with E-state index in [-0.39, 0.29) is 34.4 Å². The smallest absolute Gasteiger partial charge is 0.342 e. The minimum Gasteiger partial charge on any atom is -0.496 e. The van der Waals surface area contributed by atoms with Gasteiger partial charge < -0.3 is 14.8 Å². The van der Waals surface area contributed by atoms with E-state index in [4.69, 9.17) is 21.1 Å². The Morgan fingerprint density at radius 2 is 1.75 bits per heavy atom. The molecule has 7 heteroatoms. The molecule has 0 fully saturated rings. The molecule has 0 bridgehead atoms. The van der Waals surface area contributed by atoms with E-state index in [1.807, 2.05) is 19.1 Å². The highest BCUT2D eigenvalue weighted by molar-refractivity contribution is 6.34. The SMILES string of the molecule is CCC(=O)Nc1cc(OC)c(C(=O)OCC(=O)c2ccc(CC)cc2)cc1Cl. The van der Waals surface area contributed by atoms with E-state index in [2.05, 4.69) is 5.32 Å². The molecule has 0 aliphatic carbocycles. The number of halogens is 1. The summed E-state index contributed by atoms with van der Waals surface area (Å²) in [6.07, 6.45) is 1.16. The van der Waals surface area contributed by atoms with Gasteiger partial charge >= 0.3 is 5.97 Å². The first-order chi connectivity index (χ1) is 13.4. The highest BCUT2D eigenvalue weighted by Gasteiger charge is 2.19. The van der Waals surface area contributed by atoms with Crippen LogP contribution < -0.4 is 10.1 Å². The molecule has 1 amide bonds. The Morgan fingerprint density at radius 1 is 1.07 bits per heavy atom. The topological polar surface area (TPSA) is 81.7 Å². The second kappa shape index (κ2) is 9.90. The fourth-order valence-corrected chi connectivity index (χ4v) is 2.65. The average Bonchev–Trinajstić information content (AvgIpc) is 2.72. The van der Waals surface area contributed by atoms with E-state index in [1.54, 1.807) is 19.1 Å². The number of benzene rings is 2. The molecule has 0 aliphatic rings. The normalized spacial score (nSPS) is 10.3. The monoisotopic (exact) mass is 403 g/mol. The number of anilines is 1. The van der Waals surface area contributed by atoms with Gasteiger partial charge in [0.15, 0.2) is 12.4 Å². The maximum absolute atomic E-state index is 12.4. The Bertz CT molecular complexity index is 877. The maximum Gasteiger partial charge on any atom is 0.342 e. The summed E-state index contributed by atoms with van der Waals surface area (Å²) in [5.74, 6) is -1.10. The number of hydrogen-bond donors (Lipinski definition) is 1. The van der Waals surface area contributed by atoms with Crippen molar-refractivity contribution in [1.82, 2.24) is 0 Å². The lowest BCUT2D eigenvalue weighted by Crippen LogP contribution is -2.16. The van der Waals surface area contributed by atoms with Gasteiger partial charge in [-0.3, -0.25) is 9.59 Å². The molecular formula is C21H22ClNO5. The van der Waals surface area contributed by atoms with Crippen LogP contribution in [0.15, 0.2) is 36.4 Å². The molecular weight excluding hydrogens is 382 g/mol. The first-order valence-corrected chi connectivity index (χ1v) is 9.24. The van der Waals surface area contributed by atoms with Crippen molar-refractivity contribution in [3.05, 3.63) is 58.1 Å². The van der Waals surface area contributed by atoms with Crippen molar-refractivity contribution in [2.75, 3.05) is 19.0 Å². The van der Waals surface area contributed by atoms with E-state index < -0.39 is 12.6 Å². The van der Waals surface area contributed by atoms with Gasteiger partial charge in [0.2, 0.25) is 5.91 Å². The quantitative estimate of drug-likeness (QED) is 0.525. The van der Waals surface area contributed by atoms with Crippen molar-refractivity contribution in [3.8, 4) is 5.75 Å². The summed E-state index contributed by atoms with van der Waals surface area (Å²) < 4.78 is 10.3. The molecule has 148 valence electrons. The van der Waals surface area contributed by atoms with Gasteiger partial charge in [0.1, 0.15) is 11.3 Å². The second-order valence-corrected chi connectivity index (χ2v) is 6.39. The van der Waals surface area contributed by atoms with Crippen molar-refractivity contribution in [2.24, 2.45) is 0 Å². The van der Waals surface area contributed by atoms with Crippen LogP contribution >= 0.6 is 11.6 Å². The molecule has 1 N–H and O–H groups in total. The molecule has 0 saturated carbocycles. The Kier molecular flexibility index (Phi) is 7.58. The fourth-order valence-electron chi connectivity index (χ4n) is 2.43. The number of ketones is 1. The lowest BCUT2D eigenvalue weighted by atomic mass is 10.1. The van der Waals surface area contributed by atoms with E-state index in [9.17, 15) is 14.4 Å². The van der Waals surface area contributed by atoms with E-state index in [1.165, 1.54) is 19.2 Å². The van der Waals surface area contributed by atoms with Crippen LogP contribution in [0.4, 0.5) is 5.69 Å². The number of aryl methyl sites for hydroxylation is 1. The van der Waals surface area contributed by atoms with Crippen molar-refractivity contribution in [2.45, 2.75) is 26.7 Å². The number of rotatable bonds is 8. The van der Waals surface area contributed by atoms with Crippen LogP contribution in [0.1, 0.15) is 46.5 Å². The van der Waals surface area contributed by atoms with Crippen molar-refractivity contribution >= 4 is 34.9 Å². The number of hydrogen-bond acceptors (Lipinski definition) is 5. The van der Waals surface area contributed by atoms with Crippen LogP contribution in [0.3, 0.4) is 0 Å². The minimum atomic E-state index is -0.745. The van der Waals surface area contributed by atoms with Gasteiger partial charge in [-0.15, -0.1) is 0 Å². The third-order valence-electron chi connectivity index (χ3n) is 4.12. The highest BCUT2D eigenvalue weighted by Crippen LogP contribution is 2.31. The predicted octanol–water partition coefficient (Wildman–Crippen LogP) is 4.30. The molecule has 2 aromatic carbocycles. The molecule has 0 heterocycles. The van der Waals surface area contributed by atoms with Gasteiger partial charge in [0.05, 0.1) is 17.8 Å². The molecule has 0 atom stereocenters. The Morgan fingerprint density at radius 3 is 2.32 bits per heavy atom. The summed E-state index contributed by atoms with van der Waals surface area (Å²) >= 11 is 6.15. The standard InChI is InChI=1S/C21H22ClNO5/c1-4-13-6-8-14(9-7-13)18(24)12-28-21(26)15-10-16(22)17(11-19(15)27-3)23-20(25)5-2/h6-11H,4-5,12H2,1-3H3,(H,23,25). The summed E-state index contributed by atoms with van der Waals surface area (Å²) in [5, 5.41) is 2.79. The average molecular weight is 404 g/mol. The van der Waals surface area contributed by atoms with Crippen molar-refractivity contribution in [3.63, 3.8) is 0 Å². The second-order valence-electron chi connectivity index (χ2n) is 5.98. The summed E-state index contributed by atoms with van der Waals surface area (Å²) in [6, 6.07) is 9.92. The third-order valence-corrected chi connectivity index (χ3v) is 4.44. The molecule has 0 aromatic heterocycles. The van der Waals surface area contributed by atoms with Crippen LogP contribution in [0.2, 0.25) is 5.02 Å². The molecule has 2 rings (SSSR count). The number of esters is 1. The molecule has 0 radical (unpaired) electrons. The zero-order chi connectivity index (χ0) is 20.7. The molecule has 0 unspecified atom stereocenters. The zero-order valence-corrected chi connectivity index (χ0v) is 16.8. The van der Waals surface area contributed by atoms with Gasteiger partial charge in [-0.05, 0) is 18.1 Å². The lowest BCUT2D eigenvalue weighted by Gasteiger charge is -2.13. The van der Waals surface area contributed by atoms with E-state index >= 15 is 0 Å². The van der Waals surface area contributed by atoms with Crippen molar-refractivity contribution in [1.29, 1.82) is 0 Å². The molecule has 0 spiro atoms. The van der Waals surface area contributed by atoms with E-state index in [0.717, 1.165) is 12.0 Å². The minimum absolute atomic E-state index is 0.0659. The number of amides is 1. The summed E-state index contributed by atoms with van der Waals surface area (Å²) in [6.45, 7) is 3.33. The molecule has 28 heavy (non-hydrogen) atoms. The van der Waals surface area contributed by atoms with Gasteiger partial charge in [-0.1, -0.05) is 49.7 Å². The maximum atomic E-state index is 12.4. The molecule has 0 saturated heterocycles. The van der Waals surface area contributed by atoms with E-state index in [0.29, 0.717) is 11.3 Å². The number of carbonyl (C=O) groups excluding carboxylic acids is 3. The molecule has 6 nitrogen and oxygen atoms in total. The molecule has 2 aromatic rings. The summed E-state index contributed by atoms with van der Waals surface area (Å²) in [4.78, 5) is 36.2. The molecule has 0 aliphatic heterocycles. The fraction of sp³-hybridized carbons (Fsp3) is 0.286. The van der Waals surface area contributed by atoms with Crippen LogP contribution in [-0.4, -0.2) is 31.4 Å². The van der Waals surface area contributed by atoms with Crippen LogP contribution in [0, 0.1) is 0 Å². The Balaban J connectivity index is 2.11. The number of ether oxygens (including phenoxy) is 2. The highest BCUT2D eigenvalue weighted by atomic mass is 35.5. The number of Topliss-reactive ketones (excluding diaryl/α,β-unsaturated/α-hetero) is 1. The van der Waals surface area contributed by atoms with Gasteiger partial charge in [-0.25, -0.2) is 4.79 Å². The lowest BCUT2D eigenvalue weighted by molar-refractivity contribution is -0.115. The largest absolute Gasteiger partial charge is 0.496 e. The number of carbonyl (C=O) groups is 3. The Hall–Kier alpha value is -2.86. The van der Waals surface area contributed by atoms with Crippen LogP contribution in [0.5, 0.6) is 5.75 Å². The van der Waals surface area contributed by atoms with Gasteiger partial charge in [0, 0.05) is 18.1 Å². The summed E-state index contributed by atoms with van der Waals surface area (Å²) in [5.41, 5.74) is 1.97. The van der Waals surface area contributed by atoms with Crippen LogP contribution in [0.25, 0.3) is 0 Å². The van der Waals surface area contributed by atoms with Crippen LogP contribution in [-0.2, 0) is 16.0 Å². The van der Waals surface area contributed by atoms with Crippen molar-refractivity contribution < 1.29 is 23.9 Å². The first kappa shape index (κ1) is 21.4. The first-order valence-electron chi connectivity index (χ1n) is 8.86. The Labute approximate surface area is 168 Å². The predicted molar refractivity (Wildman–Crippen MR) is 107 cm³/mol. The van der Waals surface area contributed by atoms with Gasteiger partial charge in [0.25, 0.3) is 0 Å². The number of methoxy groups -OCH3 is 1. The van der Waals surface area contributed by atoms with Gasteiger partial charge in [-0.2, -0.15) is 0 Å². The zero-order valence-electron chi connectivity index (χ0n) is 16.0. The third kappa shape index (κ3) is 5.33. The summed E-state index contributed by atoms with van der Waals surface area (Å²) in [7, 11) is 1.38. The number of nitrogens with one attached hydrogen (secondary N) is 1.